The van der Waals surface area contributed by atoms with E-state index in [0.717, 1.165) is 0 Å². The highest BCUT2D eigenvalue weighted by atomic mass is 79.9. The zero-order chi connectivity index (χ0) is 21.0. The average molecular weight is 445 g/mol. The second-order valence-electron chi connectivity index (χ2n) is 4.73. The van der Waals surface area contributed by atoms with Gasteiger partial charge in [-0.3, -0.25) is 4.79 Å². The molecule has 0 aliphatic rings. The van der Waals surface area contributed by atoms with Crippen LogP contribution < -0.4 is 0 Å². The number of phenols is 2. The molecular formula is C17H12Br2O4. The molecule has 3 rings (SSSR count). The number of aryl methyl sites for hydroxylation is 1. The molecule has 0 aliphatic carbocycles. The molecule has 0 bridgehead atoms. The van der Waals surface area contributed by atoms with Gasteiger partial charge < -0.3 is 14.6 Å². The number of ketones is 1. The van der Waals surface area contributed by atoms with E-state index in [4.69, 9.17) is 11.3 Å². The molecule has 4 nitrogen and oxygen atoms in total. The fourth-order valence-electron chi connectivity index (χ4n) is 2.24. The Balaban J connectivity index is 2.33. The molecule has 1 aromatic heterocycles. The van der Waals surface area contributed by atoms with Gasteiger partial charge in [0.05, 0.1) is 14.5 Å². The van der Waals surface area contributed by atoms with Gasteiger partial charge in [0, 0.05) is 30.2 Å². The van der Waals surface area contributed by atoms with E-state index in [1.54, 1.807) is 0 Å². The lowest BCUT2D eigenvalue weighted by Crippen LogP contribution is -2.03. The zero-order valence-corrected chi connectivity index (χ0v) is 14.5. The van der Waals surface area contributed by atoms with Gasteiger partial charge in [0.15, 0.2) is 5.78 Å². The number of carbonyl (C=O) groups is 1. The normalized spacial score (nSPS) is 15.5. The van der Waals surface area contributed by atoms with Crippen LogP contribution in [0.3, 0.4) is 0 Å². The Morgan fingerprint density at radius 2 is 1.96 bits per heavy atom. The summed E-state index contributed by atoms with van der Waals surface area (Å²) in [6.07, 6.45) is -2.96. The Labute approximate surface area is 156 Å². The average Bonchev–Trinajstić information content (AvgIpc) is 2.96. The number of phenolic OH excluding ortho intramolecular Hbond substituents is 2. The molecular weight excluding hydrogens is 428 g/mol. The van der Waals surface area contributed by atoms with Gasteiger partial charge in [-0.05, 0) is 56.1 Å². The molecule has 0 atom stereocenters. The highest BCUT2D eigenvalue weighted by Gasteiger charge is 2.22. The number of hydrogen-bond acceptors (Lipinski definition) is 4. The number of hydrogen-bond donors (Lipinski definition) is 2. The second-order valence-corrected chi connectivity index (χ2v) is 6.44. The van der Waals surface area contributed by atoms with Gasteiger partial charge in [0.1, 0.15) is 22.8 Å². The molecule has 0 saturated heterocycles. The van der Waals surface area contributed by atoms with Crippen molar-refractivity contribution in [3.8, 4) is 11.5 Å². The molecule has 6 heteroatoms. The van der Waals surface area contributed by atoms with E-state index in [0.29, 0.717) is 0 Å². The lowest BCUT2D eigenvalue weighted by Gasteiger charge is -2.06. The molecule has 0 amide bonds. The minimum absolute atomic E-state index is 0.0246. The van der Waals surface area contributed by atoms with E-state index in [-0.39, 0.29) is 42.5 Å². The van der Waals surface area contributed by atoms with Crippen molar-refractivity contribution in [1.82, 2.24) is 0 Å². The number of halogens is 2. The summed E-state index contributed by atoms with van der Waals surface area (Å²) in [5.41, 5.74) is -0.223. The van der Waals surface area contributed by atoms with Crippen LogP contribution in [0, 0.1) is 0 Å². The summed E-state index contributed by atoms with van der Waals surface area (Å²) in [6, 6.07) is 6.47. The maximum atomic E-state index is 13.2. The van der Waals surface area contributed by atoms with Crippen molar-refractivity contribution in [2.45, 2.75) is 13.2 Å². The predicted octanol–water partition coefficient (Wildman–Crippen LogP) is 5.16. The Hall–Kier alpha value is -1.79. The van der Waals surface area contributed by atoms with Crippen molar-refractivity contribution >= 4 is 48.6 Å². The zero-order valence-electron chi connectivity index (χ0n) is 16.4. The van der Waals surface area contributed by atoms with E-state index < -0.39 is 24.8 Å². The van der Waals surface area contributed by atoms with Gasteiger partial charge in [-0.25, -0.2) is 0 Å². The fraction of sp³-hybridized carbons (Fsp3) is 0.118. The summed E-state index contributed by atoms with van der Waals surface area (Å²) in [5, 5.41) is 19.7. The molecule has 2 N–H and O–H groups in total. The minimum Gasteiger partial charge on any atom is -0.508 e. The second kappa shape index (κ2) is 6.02. The molecule has 3 aromatic rings. The maximum Gasteiger partial charge on any atom is 0.197 e. The van der Waals surface area contributed by atoms with Crippen LogP contribution in [0.4, 0.5) is 0 Å². The number of rotatable bonds is 3. The first-order valence-corrected chi connectivity index (χ1v) is 7.92. The van der Waals surface area contributed by atoms with Crippen molar-refractivity contribution in [1.29, 1.82) is 0 Å². The highest BCUT2D eigenvalue weighted by molar-refractivity contribution is 9.11. The monoisotopic (exact) mass is 443 g/mol. The first-order valence-electron chi connectivity index (χ1n) is 8.83. The SMILES string of the molecule is [2H]C([2H])([2H])C([2H])([2H])c1oc2cc(O)ccc2c1C(=O)c1cc(Br)c(O)c(Br)c1. The van der Waals surface area contributed by atoms with Gasteiger partial charge in [0.25, 0.3) is 0 Å². The Kier molecular flexibility index (Phi) is 2.85. The van der Waals surface area contributed by atoms with E-state index in [1.807, 2.05) is 0 Å². The maximum absolute atomic E-state index is 13.2. The van der Waals surface area contributed by atoms with Crippen LogP contribution in [0.5, 0.6) is 11.5 Å². The van der Waals surface area contributed by atoms with Crippen LogP contribution in [-0.2, 0) is 6.37 Å². The summed E-state index contributed by atoms with van der Waals surface area (Å²) in [4.78, 5) is 13.2. The molecule has 0 spiro atoms. The summed E-state index contributed by atoms with van der Waals surface area (Å²) in [5.74, 6) is -1.67. The number of carbonyl (C=O) groups excluding carboxylic acids is 1. The van der Waals surface area contributed by atoms with Crippen LogP contribution >= 0.6 is 31.9 Å². The van der Waals surface area contributed by atoms with Crippen molar-refractivity contribution in [2.75, 3.05) is 0 Å². The molecule has 23 heavy (non-hydrogen) atoms. The van der Waals surface area contributed by atoms with Crippen LogP contribution in [0.2, 0.25) is 0 Å². The van der Waals surface area contributed by atoms with E-state index in [9.17, 15) is 15.0 Å². The number of fused-ring (bicyclic) bond motifs is 1. The van der Waals surface area contributed by atoms with Crippen LogP contribution in [0.1, 0.15) is 35.4 Å². The van der Waals surface area contributed by atoms with Crippen molar-refractivity contribution in [3.63, 3.8) is 0 Å². The van der Waals surface area contributed by atoms with Crippen molar-refractivity contribution in [3.05, 3.63) is 56.2 Å². The summed E-state index contributed by atoms with van der Waals surface area (Å²) in [7, 11) is 0. The largest absolute Gasteiger partial charge is 0.508 e. The molecule has 0 fully saturated rings. The van der Waals surface area contributed by atoms with Gasteiger partial charge in [-0.15, -0.1) is 0 Å². The van der Waals surface area contributed by atoms with Gasteiger partial charge in [-0.2, -0.15) is 0 Å². The standard InChI is InChI=1S/C17H12Br2O4/c1-2-13-15(10-4-3-9(20)7-14(10)23-13)16(21)8-5-11(18)17(22)12(19)6-8/h3-7,20,22H,2H2,1H3/i1D3,2D2. The Morgan fingerprint density at radius 3 is 2.61 bits per heavy atom. The number of furan rings is 1. The fourth-order valence-corrected chi connectivity index (χ4v) is 3.43. The van der Waals surface area contributed by atoms with E-state index in [1.165, 1.54) is 30.3 Å². The van der Waals surface area contributed by atoms with Crippen molar-refractivity contribution in [2.24, 2.45) is 0 Å². The van der Waals surface area contributed by atoms with Crippen molar-refractivity contribution < 1.29 is 26.3 Å². The van der Waals surface area contributed by atoms with Gasteiger partial charge in [-0.1, -0.05) is 6.85 Å². The Morgan fingerprint density at radius 1 is 1.26 bits per heavy atom. The molecule has 118 valence electrons. The minimum atomic E-state index is -3.10. The first kappa shape index (κ1) is 10.9. The molecule has 0 unspecified atom stereocenters. The predicted molar refractivity (Wildman–Crippen MR) is 94.2 cm³/mol. The van der Waals surface area contributed by atoms with Crippen LogP contribution in [-0.4, -0.2) is 16.0 Å². The molecule has 0 radical (unpaired) electrons. The summed E-state index contributed by atoms with van der Waals surface area (Å²) in [6.45, 7) is -3.10. The first-order chi connectivity index (χ1) is 12.8. The number of benzene rings is 2. The topological polar surface area (TPSA) is 70.7 Å². The highest BCUT2D eigenvalue weighted by Crippen LogP contribution is 2.36. The third-order valence-corrected chi connectivity index (χ3v) is 4.50. The van der Waals surface area contributed by atoms with Gasteiger partial charge >= 0.3 is 0 Å². The smallest absolute Gasteiger partial charge is 0.197 e. The van der Waals surface area contributed by atoms with E-state index in [2.05, 4.69) is 31.9 Å². The molecule has 2 aromatic carbocycles. The quantitative estimate of drug-likeness (QED) is 0.547. The molecule has 0 saturated carbocycles. The third kappa shape index (κ3) is 2.77. The number of aromatic hydroxyl groups is 2. The third-order valence-electron chi connectivity index (χ3n) is 3.29. The molecule has 1 heterocycles. The Bertz CT molecular complexity index is 1080. The van der Waals surface area contributed by atoms with Crippen LogP contribution in [0.15, 0.2) is 43.7 Å². The van der Waals surface area contributed by atoms with Crippen LogP contribution in [0.25, 0.3) is 11.0 Å². The summed E-state index contributed by atoms with van der Waals surface area (Å²) < 4.78 is 44.5. The van der Waals surface area contributed by atoms with E-state index >= 15 is 0 Å². The lowest BCUT2D eigenvalue weighted by atomic mass is 9.99. The lowest BCUT2D eigenvalue weighted by molar-refractivity contribution is 0.103. The summed E-state index contributed by atoms with van der Waals surface area (Å²) >= 11 is 6.25. The molecule has 0 aliphatic heterocycles. The van der Waals surface area contributed by atoms with Gasteiger partial charge in [0.2, 0.25) is 0 Å².